The summed E-state index contributed by atoms with van der Waals surface area (Å²) in [6.07, 6.45) is -2.54. The van der Waals surface area contributed by atoms with Crippen LogP contribution in [0.15, 0.2) is 18.2 Å². The first-order chi connectivity index (χ1) is 8.02. The van der Waals surface area contributed by atoms with E-state index in [1.54, 1.807) is 12.1 Å². The Hall–Kier alpha value is -0.710. The van der Waals surface area contributed by atoms with Gasteiger partial charge >= 0.3 is 0 Å². The third kappa shape index (κ3) is 4.58. The molecule has 1 aromatic rings. The first-order valence-electron chi connectivity index (χ1n) is 4.85. The molecule has 0 N–H and O–H groups in total. The van der Waals surface area contributed by atoms with Crippen LogP contribution in [0.1, 0.15) is 16.8 Å². The van der Waals surface area contributed by atoms with Gasteiger partial charge in [-0.2, -0.15) is 0 Å². The number of ketones is 1. The number of hydrogen-bond donors (Lipinski definition) is 0. The molecular formula is C11H10Cl2F2O2. The van der Waals surface area contributed by atoms with E-state index in [4.69, 9.17) is 23.2 Å². The molecule has 0 saturated carbocycles. The van der Waals surface area contributed by atoms with Gasteiger partial charge in [-0.05, 0) is 12.1 Å². The third-order valence-electron chi connectivity index (χ3n) is 1.97. The minimum atomic E-state index is -2.53. The van der Waals surface area contributed by atoms with Crippen molar-refractivity contribution in [3.05, 3.63) is 33.8 Å². The Balaban J connectivity index is 2.50. The van der Waals surface area contributed by atoms with Crippen molar-refractivity contribution >= 4 is 29.0 Å². The molecule has 0 amide bonds. The fourth-order valence-corrected chi connectivity index (χ4v) is 1.60. The maximum absolute atomic E-state index is 11.8. The van der Waals surface area contributed by atoms with E-state index < -0.39 is 13.0 Å². The molecule has 17 heavy (non-hydrogen) atoms. The molecule has 0 bridgehead atoms. The summed E-state index contributed by atoms with van der Waals surface area (Å²) >= 11 is 11.6. The second-order valence-corrected chi connectivity index (χ2v) is 4.03. The summed E-state index contributed by atoms with van der Waals surface area (Å²) < 4.78 is 28.1. The van der Waals surface area contributed by atoms with E-state index in [0.717, 1.165) is 0 Å². The molecule has 0 fully saturated rings. The van der Waals surface area contributed by atoms with Crippen LogP contribution >= 0.6 is 23.2 Å². The van der Waals surface area contributed by atoms with Crippen molar-refractivity contribution < 1.29 is 18.3 Å². The predicted molar refractivity (Wildman–Crippen MR) is 62.2 cm³/mol. The summed E-state index contributed by atoms with van der Waals surface area (Å²) in [7, 11) is 0. The lowest BCUT2D eigenvalue weighted by molar-refractivity contribution is 0.0170. The maximum Gasteiger partial charge on any atom is 0.261 e. The fourth-order valence-electron chi connectivity index (χ4n) is 1.19. The second-order valence-electron chi connectivity index (χ2n) is 3.24. The Bertz CT molecular complexity index is 397. The number of halogens is 4. The van der Waals surface area contributed by atoms with Gasteiger partial charge in [0.15, 0.2) is 5.78 Å². The predicted octanol–water partition coefficient (Wildman–Crippen LogP) is 3.85. The molecule has 0 unspecified atom stereocenters. The average Bonchev–Trinajstić information content (AvgIpc) is 2.27. The summed E-state index contributed by atoms with van der Waals surface area (Å²) in [5, 5.41) is 0.457. The molecule has 1 aromatic carbocycles. The molecule has 94 valence electrons. The molecule has 2 nitrogen and oxygen atoms in total. The molecular weight excluding hydrogens is 273 g/mol. The van der Waals surface area contributed by atoms with E-state index in [1.165, 1.54) is 6.07 Å². The summed E-state index contributed by atoms with van der Waals surface area (Å²) in [4.78, 5) is 11.7. The van der Waals surface area contributed by atoms with E-state index in [9.17, 15) is 13.6 Å². The molecule has 0 heterocycles. The van der Waals surface area contributed by atoms with Crippen molar-refractivity contribution in [3.63, 3.8) is 0 Å². The summed E-state index contributed by atoms with van der Waals surface area (Å²) in [5.41, 5.74) is 0.278. The Labute approximate surface area is 107 Å². The summed E-state index contributed by atoms with van der Waals surface area (Å²) in [6, 6.07) is 4.69. The Morgan fingerprint density at radius 3 is 2.71 bits per heavy atom. The van der Waals surface area contributed by atoms with Gasteiger partial charge in [-0.1, -0.05) is 29.3 Å². The quantitative estimate of drug-likeness (QED) is 0.585. The minimum Gasteiger partial charge on any atom is -0.375 e. The van der Waals surface area contributed by atoms with Crippen LogP contribution in [0.4, 0.5) is 8.78 Å². The molecule has 0 spiro atoms. The Morgan fingerprint density at radius 1 is 1.35 bits per heavy atom. The molecule has 0 aliphatic rings. The van der Waals surface area contributed by atoms with Crippen molar-refractivity contribution in [2.24, 2.45) is 0 Å². The van der Waals surface area contributed by atoms with Gasteiger partial charge in [-0.15, -0.1) is 0 Å². The van der Waals surface area contributed by atoms with Gasteiger partial charge in [-0.25, -0.2) is 8.78 Å². The number of rotatable bonds is 6. The molecule has 1 rings (SSSR count). The Morgan fingerprint density at radius 2 is 2.06 bits per heavy atom. The second kappa shape index (κ2) is 6.89. The molecule has 0 atom stereocenters. The molecule has 0 radical (unpaired) electrons. The SMILES string of the molecule is O=C(CCOCC(F)F)c1cccc(Cl)c1Cl. The molecule has 0 aliphatic carbocycles. The van der Waals surface area contributed by atoms with Gasteiger partial charge in [0.2, 0.25) is 0 Å². The lowest BCUT2D eigenvalue weighted by atomic mass is 10.1. The van der Waals surface area contributed by atoms with E-state index in [2.05, 4.69) is 4.74 Å². The average molecular weight is 283 g/mol. The number of Topliss-reactive ketones (excluding diaryl/α,β-unsaturated/α-hetero) is 1. The first-order valence-corrected chi connectivity index (χ1v) is 5.61. The smallest absolute Gasteiger partial charge is 0.261 e. The van der Waals surface area contributed by atoms with Gasteiger partial charge < -0.3 is 4.74 Å². The van der Waals surface area contributed by atoms with Crippen LogP contribution in [0.2, 0.25) is 10.0 Å². The van der Waals surface area contributed by atoms with Crippen molar-refractivity contribution in [1.82, 2.24) is 0 Å². The largest absolute Gasteiger partial charge is 0.375 e. The van der Waals surface area contributed by atoms with Crippen molar-refractivity contribution in [1.29, 1.82) is 0 Å². The van der Waals surface area contributed by atoms with Crippen LogP contribution < -0.4 is 0 Å². The van der Waals surface area contributed by atoms with Gasteiger partial charge in [0.1, 0.15) is 6.61 Å². The first kappa shape index (κ1) is 14.4. The number of hydrogen-bond acceptors (Lipinski definition) is 2. The summed E-state index contributed by atoms with van der Waals surface area (Å²) in [5.74, 6) is -0.285. The number of ether oxygens (including phenoxy) is 1. The highest BCUT2D eigenvalue weighted by atomic mass is 35.5. The van der Waals surface area contributed by atoms with Gasteiger partial charge in [0.25, 0.3) is 6.43 Å². The number of benzene rings is 1. The maximum atomic E-state index is 11.8. The number of carbonyl (C=O) groups excluding carboxylic acids is 1. The standard InChI is InChI=1S/C11H10Cl2F2O2/c12-8-3-1-2-7(11(8)13)9(16)4-5-17-6-10(14)15/h1-3,10H,4-6H2. The monoisotopic (exact) mass is 282 g/mol. The van der Waals surface area contributed by atoms with Gasteiger partial charge in [-0.3, -0.25) is 4.79 Å². The normalized spacial score (nSPS) is 10.9. The lowest BCUT2D eigenvalue weighted by Gasteiger charge is -2.05. The van der Waals surface area contributed by atoms with Crippen LogP contribution in [-0.2, 0) is 4.74 Å². The number of alkyl halides is 2. The topological polar surface area (TPSA) is 26.3 Å². The van der Waals surface area contributed by atoms with Gasteiger partial charge in [0.05, 0.1) is 16.7 Å². The fraction of sp³-hybridized carbons (Fsp3) is 0.364. The van der Waals surface area contributed by atoms with E-state index >= 15 is 0 Å². The zero-order valence-electron chi connectivity index (χ0n) is 8.76. The minimum absolute atomic E-state index is 0.00716. The van der Waals surface area contributed by atoms with E-state index in [1.807, 2.05) is 0 Å². The highest BCUT2D eigenvalue weighted by Crippen LogP contribution is 2.26. The molecule has 0 saturated heterocycles. The highest BCUT2D eigenvalue weighted by molar-refractivity contribution is 6.43. The van der Waals surface area contributed by atoms with Crippen LogP contribution in [0.5, 0.6) is 0 Å². The van der Waals surface area contributed by atoms with Crippen molar-refractivity contribution in [2.45, 2.75) is 12.8 Å². The van der Waals surface area contributed by atoms with E-state index in [-0.39, 0.29) is 34.4 Å². The summed E-state index contributed by atoms with van der Waals surface area (Å²) in [6.45, 7) is -0.734. The van der Waals surface area contributed by atoms with Gasteiger partial charge in [0, 0.05) is 12.0 Å². The van der Waals surface area contributed by atoms with Crippen molar-refractivity contribution in [3.8, 4) is 0 Å². The van der Waals surface area contributed by atoms with Crippen LogP contribution in [0, 0.1) is 0 Å². The molecule has 0 aliphatic heterocycles. The van der Waals surface area contributed by atoms with Crippen LogP contribution in [0.25, 0.3) is 0 Å². The molecule has 6 heteroatoms. The van der Waals surface area contributed by atoms with E-state index in [0.29, 0.717) is 0 Å². The zero-order chi connectivity index (χ0) is 12.8. The Kier molecular flexibility index (Phi) is 5.82. The number of carbonyl (C=O) groups is 1. The molecule has 0 aromatic heterocycles. The highest BCUT2D eigenvalue weighted by Gasteiger charge is 2.12. The van der Waals surface area contributed by atoms with Crippen LogP contribution in [0.3, 0.4) is 0 Å². The van der Waals surface area contributed by atoms with Crippen LogP contribution in [-0.4, -0.2) is 25.4 Å². The lowest BCUT2D eigenvalue weighted by Crippen LogP contribution is -2.09. The van der Waals surface area contributed by atoms with Crippen molar-refractivity contribution in [2.75, 3.05) is 13.2 Å². The zero-order valence-corrected chi connectivity index (χ0v) is 10.3. The third-order valence-corrected chi connectivity index (χ3v) is 2.79.